The summed E-state index contributed by atoms with van der Waals surface area (Å²) < 4.78 is 5.27. The molecule has 3 aromatic rings. The Morgan fingerprint density at radius 1 is 1.18 bits per heavy atom. The molecular formula is C22H24N2O2S2. The van der Waals surface area contributed by atoms with Crippen LogP contribution in [-0.2, 0) is 17.8 Å². The molecular weight excluding hydrogens is 388 g/mol. The van der Waals surface area contributed by atoms with Gasteiger partial charge in [-0.1, -0.05) is 6.07 Å². The minimum absolute atomic E-state index is 0.129. The predicted octanol–water partition coefficient (Wildman–Crippen LogP) is 4.97. The van der Waals surface area contributed by atoms with Crippen molar-refractivity contribution in [2.75, 3.05) is 25.1 Å². The van der Waals surface area contributed by atoms with Gasteiger partial charge in [0, 0.05) is 28.0 Å². The summed E-state index contributed by atoms with van der Waals surface area (Å²) in [6, 6.07) is 14.3. The molecule has 0 fully saturated rings. The maximum atomic E-state index is 13.3. The van der Waals surface area contributed by atoms with E-state index in [1.54, 1.807) is 18.4 Å². The summed E-state index contributed by atoms with van der Waals surface area (Å²) in [4.78, 5) is 20.2. The zero-order valence-electron chi connectivity index (χ0n) is 16.1. The summed E-state index contributed by atoms with van der Waals surface area (Å²) in [6.45, 7) is 4.15. The number of thiophene rings is 2. The van der Waals surface area contributed by atoms with Gasteiger partial charge in [0.25, 0.3) is 0 Å². The molecule has 1 aromatic carbocycles. The van der Waals surface area contributed by atoms with Crippen molar-refractivity contribution < 1.29 is 9.53 Å². The maximum absolute atomic E-state index is 13.3. The van der Waals surface area contributed by atoms with Crippen molar-refractivity contribution in [3.8, 4) is 5.75 Å². The summed E-state index contributed by atoms with van der Waals surface area (Å²) in [6.07, 6.45) is 1.03. The lowest BCUT2D eigenvalue weighted by Gasteiger charge is -2.34. The van der Waals surface area contributed by atoms with Gasteiger partial charge >= 0.3 is 0 Å². The predicted molar refractivity (Wildman–Crippen MR) is 117 cm³/mol. The van der Waals surface area contributed by atoms with E-state index in [4.69, 9.17) is 4.74 Å². The topological polar surface area (TPSA) is 32.8 Å². The first-order valence-corrected chi connectivity index (χ1v) is 11.2. The first-order valence-electron chi connectivity index (χ1n) is 9.43. The molecule has 0 saturated carbocycles. The fourth-order valence-electron chi connectivity index (χ4n) is 3.68. The molecule has 0 saturated heterocycles. The molecule has 0 radical (unpaired) electrons. The van der Waals surface area contributed by atoms with Gasteiger partial charge in [0.2, 0.25) is 5.91 Å². The molecule has 0 aliphatic carbocycles. The van der Waals surface area contributed by atoms with Crippen LogP contribution in [0.3, 0.4) is 0 Å². The average molecular weight is 413 g/mol. The smallest absolute Gasteiger partial charge is 0.241 e. The number of hydrogen-bond acceptors (Lipinski definition) is 5. The van der Waals surface area contributed by atoms with Gasteiger partial charge in [0.05, 0.1) is 20.2 Å². The fraction of sp³-hybridized carbons (Fsp3) is 0.318. The number of hydrogen-bond donors (Lipinski definition) is 0. The third-order valence-corrected chi connectivity index (χ3v) is 7.18. The lowest BCUT2D eigenvalue weighted by Crippen LogP contribution is -2.43. The number of ether oxygens (including phenoxy) is 1. The average Bonchev–Trinajstić information content (AvgIpc) is 3.40. The van der Waals surface area contributed by atoms with Crippen LogP contribution in [0.1, 0.15) is 28.3 Å². The van der Waals surface area contributed by atoms with Crippen LogP contribution in [0, 0.1) is 0 Å². The van der Waals surface area contributed by atoms with Crippen molar-refractivity contribution in [1.82, 2.24) is 4.90 Å². The molecule has 0 bridgehead atoms. The third kappa shape index (κ3) is 3.99. The van der Waals surface area contributed by atoms with E-state index in [1.165, 1.54) is 15.3 Å². The molecule has 6 heteroatoms. The SMILES string of the molecule is COc1ccc(N(Cc2cccs2)C(=O)CN2CCc3sccc3[C@@H]2C)cc1. The minimum Gasteiger partial charge on any atom is -0.497 e. The van der Waals surface area contributed by atoms with Gasteiger partial charge in [-0.25, -0.2) is 0 Å². The van der Waals surface area contributed by atoms with Crippen molar-refractivity contribution in [3.63, 3.8) is 0 Å². The van der Waals surface area contributed by atoms with E-state index >= 15 is 0 Å². The highest BCUT2D eigenvalue weighted by Crippen LogP contribution is 2.33. The molecule has 28 heavy (non-hydrogen) atoms. The highest BCUT2D eigenvalue weighted by Gasteiger charge is 2.28. The molecule has 4 nitrogen and oxygen atoms in total. The molecule has 1 aliphatic rings. The zero-order chi connectivity index (χ0) is 19.5. The summed E-state index contributed by atoms with van der Waals surface area (Å²) in [5.74, 6) is 0.922. The molecule has 0 unspecified atom stereocenters. The van der Waals surface area contributed by atoms with Gasteiger partial charge in [0.1, 0.15) is 5.75 Å². The second-order valence-corrected chi connectivity index (χ2v) is 8.99. The Labute approximate surface area is 174 Å². The van der Waals surface area contributed by atoms with Crippen LogP contribution in [0.4, 0.5) is 5.69 Å². The number of rotatable bonds is 6. The number of anilines is 1. The van der Waals surface area contributed by atoms with E-state index in [0.717, 1.165) is 24.4 Å². The Kier molecular flexibility index (Phi) is 5.80. The first-order chi connectivity index (χ1) is 13.7. The van der Waals surface area contributed by atoms with Crippen LogP contribution in [0.5, 0.6) is 5.75 Å². The monoisotopic (exact) mass is 412 g/mol. The Balaban J connectivity index is 1.54. The standard InChI is InChI=1S/C22H24N2O2S2/c1-16-20-10-13-28-21(20)9-11-23(16)15-22(25)24(14-19-4-3-12-27-19)17-5-7-18(26-2)8-6-17/h3-8,10,12-13,16H,9,11,14-15H2,1-2H3/t16-/m0/s1. The molecule has 0 spiro atoms. The summed E-state index contributed by atoms with van der Waals surface area (Å²) in [7, 11) is 1.65. The molecule has 3 heterocycles. The van der Waals surface area contributed by atoms with Crippen LogP contribution < -0.4 is 9.64 Å². The van der Waals surface area contributed by atoms with Gasteiger partial charge < -0.3 is 9.64 Å². The second-order valence-electron chi connectivity index (χ2n) is 6.95. The molecule has 1 atom stereocenters. The van der Waals surface area contributed by atoms with E-state index in [2.05, 4.69) is 34.7 Å². The van der Waals surface area contributed by atoms with Crippen molar-refractivity contribution in [2.45, 2.75) is 25.9 Å². The Bertz CT molecular complexity index is 918. The highest BCUT2D eigenvalue weighted by atomic mass is 32.1. The van der Waals surface area contributed by atoms with Gasteiger partial charge in [-0.3, -0.25) is 9.69 Å². The largest absolute Gasteiger partial charge is 0.497 e. The number of benzene rings is 1. The Morgan fingerprint density at radius 3 is 2.71 bits per heavy atom. The van der Waals surface area contributed by atoms with Crippen molar-refractivity contribution >= 4 is 34.3 Å². The molecule has 146 valence electrons. The minimum atomic E-state index is 0.129. The van der Waals surface area contributed by atoms with Crippen LogP contribution in [0.2, 0.25) is 0 Å². The molecule has 1 aliphatic heterocycles. The number of carbonyl (C=O) groups excluding carboxylic acids is 1. The summed E-state index contributed by atoms with van der Waals surface area (Å²) in [5, 5.41) is 4.21. The summed E-state index contributed by atoms with van der Waals surface area (Å²) >= 11 is 3.51. The molecule has 4 rings (SSSR count). The van der Waals surface area contributed by atoms with E-state index in [-0.39, 0.29) is 11.9 Å². The lowest BCUT2D eigenvalue weighted by molar-refractivity contribution is -0.120. The van der Waals surface area contributed by atoms with Crippen LogP contribution in [0.25, 0.3) is 0 Å². The zero-order valence-corrected chi connectivity index (χ0v) is 17.8. The number of fused-ring (bicyclic) bond motifs is 1. The van der Waals surface area contributed by atoms with Crippen molar-refractivity contribution in [2.24, 2.45) is 0 Å². The van der Waals surface area contributed by atoms with Gasteiger partial charge in [-0.15, -0.1) is 22.7 Å². The van der Waals surface area contributed by atoms with E-state index in [0.29, 0.717) is 13.1 Å². The number of carbonyl (C=O) groups is 1. The molecule has 0 N–H and O–H groups in total. The maximum Gasteiger partial charge on any atom is 0.241 e. The Hall–Kier alpha value is -2.15. The number of nitrogens with zero attached hydrogens (tertiary/aromatic N) is 2. The van der Waals surface area contributed by atoms with Gasteiger partial charge in [-0.2, -0.15) is 0 Å². The second kappa shape index (κ2) is 8.47. The van der Waals surface area contributed by atoms with Gasteiger partial charge in [0.15, 0.2) is 0 Å². The van der Waals surface area contributed by atoms with Crippen molar-refractivity contribution in [3.05, 3.63) is 68.5 Å². The first kappa shape index (κ1) is 19.2. The van der Waals surface area contributed by atoms with Crippen LogP contribution in [0.15, 0.2) is 53.2 Å². The van der Waals surface area contributed by atoms with Gasteiger partial charge in [-0.05, 0) is 66.1 Å². The highest BCUT2D eigenvalue weighted by molar-refractivity contribution is 7.10. The Morgan fingerprint density at radius 2 is 2.00 bits per heavy atom. The lowest BCUT2D eigenvalue weighted by atomic mass is 10.0. The summed E-state index contributed by atoms with van der Waals surface area (Å²) in [5.41, 5.74) is 2.28. The number of methoxy groups -OCH3 is 1. The third-order valence-electron chi connectivity index (χ3n) is 5.32. The van der Waals surface area contributed by atoms with E-state index < -0.39 is 0 Å². The molecule has 2 aromatic heterocycles. The van der Waals surface area contributed by atoms with E-state index in [9.17, 15) is 4.79 Å². The molecule has 1 amide bonds. The van der Waals surface area contributed by atoms with Crippen molar-refractivity contribution in [1.29, 1.82) is 0 Å². The number of amides is 1. The van der Waals surface area contributed by atoms with Crippen LogP contribution >= 0.6 is 22.7 Å². The normalized spacial score (nSPS) is 16.6. The quantitative estimate of drug-likeness (QED) is 0.573. The van der Waals surface area contributed by atoms with Crippen LogP contribution in [-0.4, -0.2) is 31.0 Å². The van der Waals surface area contributed by atoms with E-state index in [1.807, 2.05) is 46.6 Å². The fourth-order valence-corrected chi connectivity index (χ4v) is 5.34.